The number of oxime groups is 1. The molecule has 0 radical (unpaired) electrons. The topological polar surface area (TPSA) is 96.0 Å². The van der Waals surface area contributed by atoms with E-state index in [1.54, 1.807) is 18.2 Å². The van der Waals surface area contributed by atoms with Crippen LogP contribution in [-0.4, -0.2) is 26.0 Å². The smallest absolute Gasteiger partial charge is 0.409 e. The molecular weight excluding hydrogens is 451 g/mol. The first-order chi connectivity index (χ1) is 14.6. The van der Waals surface area contributed by atoms with Crippen molar-refractivity contribution >= 4 is 32.9 Å². The quantitative estimate of drug-likeness (QED) is 0.259. The van der Waals surface area contributed by atoms with Crippen LogP contribution < -0.4 is 10.0 Å². The van der Waals surface area contributed by atoms with Crippen LogP contribution in [0.25, 0.3) is 11.1 Å². The van der Waals surface area contributed by atoms with Crippen LogP contribution in [0.15, 0.2) is 64.0 Å². The maximum atomic E-state index is 13.1. The molecule has 1 aliphatic rings. The number of hydrogen-bond acceptors (Lipinski definition) is 5. The summed E-state index contributed by atoms with van der Waals surface area (Å²) < 4.78 is 65.9. The van der Waals surface area contributed by atoms with E-state index in [2.05, 4.69) is 5.16 Å². The van der Waals surface area contributed by atoms with Crippen LogP contribution in [0.5, 0.6) is 0 Å². The molecule has 0 saturated carbocycles. The van der Waals surface area contributed by atoms with Crippen LogP contribution in [0.3, 0.4) is 0 Å². The number of hydrogen-bond donors (Lipinski definition) is 2. The van der Waals surface area contributed by atoms with Crippen LogP contribution in [0, 0.1) is 0 Å². The number of fused-ring (bicyclic) bond motifs is 1. The third-order valence-corrected chi connectivity index (χ3v) is 8.35. The van der Waals surface area contributed by atoms with E-state index in [1.807, 2.05) is 0 Å². The van der Waals surface area contributed by atoms with E-state index in [1.165, 1.54) is 28.6 Å². The predicted octanol–water partition coefficient (Wildman–Crippen LogP) is 4.28. The standard InChI is InChI=1S/C20H16F3N3O3S2/c21-20(22,23)15-4-1-12(2-5-15)13-3-6-16-14(11-13)9-10-26(16)31(28,29)18-8-7-17(30-18)19(24)25-27/h1-8,11,27H,9-10H2,(H2,24,25). The van der Waals surface area contributed by atoms with Gasteiger partial charge >= 0.3 is 6.18 Å². The van der Waals surface area contributed by atoms with Gasteiger partial charge in [-0.05, 0) is 59.5 Å². The Balaban J connectivity index is 1.63. The van der Waals surface area contributed by atoms with E-state index < -0.39 is 21.8 Å². The molecule has 3 N–H and O–H groups in total. The average Bonchev–Trinajstić information content (AvgIpc) is 3.40. The first-order valence-electron chi connectivity index (χ1n) is 9.02. The molecular formula is C20H16F3N3O3S2. The summed E-state index contributed by atoms with van der Waals surface area (Å²) in [4.78, 5) is 0.332. The molecule has 162 valence electrons. The molecule has 0 atom stereocenters. The third kappa shape index (κ3) is 3.86. The van der Waals surface area contributed by atoms with Gasteiger partial charge in [-0.2, -0.15) is 13.2 Å². The average molecular weight is 467 g/mol. The van der Waals surface area contributed by atoms with Crippen molar-refractivity contribution in [2.75, 3.05) is 10.8 Å². The molecule has 6 nitrogen and oxygen atoms in total. The summed E-state index contributed by atoms with van der Waals surface area (Å²) in [7, 11) is -3.84. The number of halogens is 3. The maximum absolute atomic E-state index is 13.1. The molecule has 2 aromatic carbocycles. The number of amidine groups is 1. The number of anilines is 1. The van der Waals surface area contributed by atoms with E-state index >= 15 is 0 Å². The minimum absolute atomic E-state index is 0.0637. The van der Waals surface area contributed by atoms with E-state index in [0.717, 1.165) is 29.0 Å². The van der Waals surface area contributed by atoms with Gasteiger partial charge < -0.3 is 10.9 Å². The summed E-state index contributed by atoms with van der Waals surface area (Å²) in [6, 6.07) is 12.9. The fourth-order valence-electron chi connectivity index (χ4n) is 3.41. The Morgan fingerprint density at radius 2 is 1.74 bits per heavy atom. The Labute approximate surface area is 180 Å². The highest BCUT2D eigenvalue weighted by Gasteiger charge is 2.33. The van der Waals surface area contributed by atoms with Crippen molar-refractivity contribution < 1.29 is 26.8 Å². The molecule has 0 amide bonds. The van der Waals surface area contributed by atoms with Gasteiger partial charge in [0.1, 0.15) is 4.21 Å². The zero-order valence-electron chi connectivity index (χ0n) is 15.8. The van der Waals surface area contributed by atoms with Gasteiger partial charge in [0.05, 0.1) is 16.1 Å². The Morgan fingerprint density at radius 3 is 2.39 bits per heavy atom. The van der Waals surface area contributed by atoms with Gasteiger partial charge in [-0.25, -0.2) is 8.42 Å². The first kappa shape index (κ1) is 21.2. The summed E-state index contributed by atoms with van der Waals surface area (Å²) in [5, 5.41) is 11.6. The van der Waals surface area contributed by atoms with E-state index in [0.29, 0.717) is 28.1 Å². The molecule has 0 unspecified atom stereocenters. The lowest BCUT2D eigenvalue weighted by Gasteiger charge is -2.18. The molecule has 3 aromatic rings. The SMILES string of the molecule is N/C(=N\O)c1ccc(S(=O)(=O)N2CCc3cc(-c4ccc(C(F)(F)F)cc4)ccc32)s1. The van der Waals surface area contributed by atoms with Crippen molar-refractivity contribution in [2.45, 2.75) is 16.8 Å². The van der Waals surface area contributed by atoms with Crippen molar-refractivity contribution in [3.8, 4) is 11.1 Å². The highest BCUT2D eigenvalue weighted by molar-refractivity contribution is 7.94. The minimum Gasteiger partial charge on any atom is -0.409 e. The summed E-state index contributed by atoms with van der Waals surface area (Å²) in [5.74, 6) is -0.172. The van der Waals surface area contributed by atoms with Crippen LogP contribution in [0.4, 0.5) is 18.9 Å². The summed E-state index contributed by atoms with van der Waals surface area (Å²) in [6.07, 6.45) is -3.93. The highest BCUT2D eigenvalue weighted by Crippen LogP contribution is 2.38. The monoisotopic (exact) mass is 467 g/mol. The molecule has 0 fully saturated rings. The molecule has 1 aromatic heterocycles. The van der Waals surface area contributed by atoms with Crippen LogP contribution in [-0.2, 0) is 22.6 Å². The molecule has 0 bridgehead atoms. The predicted molar refractivity (Wildman–Crippen MR) is 112 cm³/mol. The Kier molecular flexibility index (Phi) is 5.18. The lowest BCUT2D eigenvalue weighted by molar-refractivity contribution is -0.137. The van der Waals surface area contributed by atoms with Crippen molar-refractivity contribution in [1.29, 1.82) is 0 Å². The van der Waals surface area contributed by atoms with Gasteiger partial charge in [-0.3, -0.25) is 4.31 Å². The van der Waals surface area contributed by atoms with Gasteiger partial charge in [-0.1, -0.05) is 23.4 Å². The number of nitrogens with zero attached hydrogens (tertiary/aromatic N) is 2. The second kappa shape index (κ2) is 7.57. The van der Waals surface area contributed by atoms with E-state index in [4.69, 9.17) is 10.9 Å². The second-order valence-corrected chi connectivity index (χ2v) is 10.0. The van der Waals surface area contributed by atoms with Gasteiger partial charge in [-0.15, -0.1) is 11.3 Å². The summed E-state index contributed by atoms with van der Waals surface area (Å²) in [6.45, 7) is 0.241. The van der Waals surface area contributed by atoms with Crippen molar-refractivity contribution in [3.05, 3.63) is 70.6 Å². The zero-order valence-corrected chi connectivity index (χ0v) is 17.4. The first-order valence-corrected chi connectivity index (χ1v) is 11.3. The molecule has 31 heavy (non-hydrogen) atoms. The van der Waals surface area contributed by atoms with Gasteiger partial charge in [0.25, 0.3) is 10.0 Å². The van der Waals surface area contributed by atoms with Gasteiger partial charge in [0.2, 0.25) is 0 Å². The fourth-order valence-corrected chi connectivity index (χ4v) is 6.23. The fraction of sp³-hybridized carbons (Fsp3) is 0.150. The van der Waals surface area contributed by atoms with Crippen LogP contribution in [0.1, 0.15) is 16.0 Å². The van der Waals surface area contributed by atoms with Gasteiger partial charge in [0, 0.05) is 6.54 Å². The van der Waals surface area contributed by atoms with Crippen molar-refractivity contribution in [2.24, 2.45) is 10.9 Å². The lowest BCUT2D eigenvalue weighted by Crippen LogP contribution is -2.28. The van der Waals surface area contributed by atoms with Crippen molar-refractivity contribution in [1.82, 2.24) is 0 Å². The van der Waals surface area contributed by atoms with Crippen LogP contribution >= 0.6 is 11.3 Å². The van der Waals surface area contributed by atoms with Gasteiger partial charge in [0.15, 0.2) is 5.84 Å². The zero-order chi connectivity index (χ0) is 22.4. The highest BCUT2D eigenvalue weighted by atomic mass is 32.2. The number of thiophene rings is 1. The third-order valence-electron chi connectivity index (χ3n) is 4.96. The molecule has 0 spiro atoms. The Hall–Kier alpha value is -3.05. The maximum Gasteiger partial charge on any atom is 0.416 e. The molecule has 1 aliphatic heterocycles. The number of alkyl halides is 3. The number of rotatable bonds is 4. The molecule has 4 rings (SSSR count). The Bertz CT molecular complexity index is 1270. The van der Waals surface area contributed by atoms with Crippen molar-refractivity contribution in [3.63, 3.8) is 0 Å². The summed E-state index contributed by atoms with van der Waals surface area (Å²) >= 11 is 0.900. The molecule has 0 saturated heterocycles. The minimum atomic E-state index is -4.40. The number of nitrogens with two attached hydrogens (primary N) is 1. The van der Waals surface area contributed by atoms with E-state index in [9.17, 15) is 21.6 Å². The molecule has 0 aliphatic carbocycles. The normalized spacial score (nSPS) is 14.7. The van der Waals surface area contributed by atoms with E-state index in [-0.39, 0.29) is 16.6 Å². The number of benzene rings is 2. The second-order valence-electron chi connectivity index (χ2n) is 6.85. The molecule has 11 heteroatoms. The molecule has 2 heterocycles. The summed E-state index contributed by atoms with van der Waals surface area (Å²) in [5.41, 5.74) is 7.42. The number of sulfonamides is 1. The lowest BCUT2D eigenvalue weighted by atomic mass is 10.0. The largest absolute Gasteiger partial charge is 0.416 e. The Morgan fingerprint density at radius 1 is 1.06 bits per heavy atom. The van der Waals surface area contributed by atoms with Crippen LogP contribution in [0.2, 0.25) is 0 Å².